The molecule has 2 heteroatoms. The van der Waals surface area contributed by atoms with E-state index in [2.05, 4.69) is 23.2 Å². The van der Waals surface area contributed by atoms with Gasteiger partial charge < -0.3 is 4.74 Å². The molecule has 0 N–H and O–H groups in total. The molecule has 4 rings (SSSR count). The maximum atomic E-state index is 5.51. The van der Waals surface area contributed by atoms with Gasteiger partial charge in [0.2, 0.25) is 5.88 Å². The Kier molecular flexibility index (Phi) is 0.799. The lowest BCUT2D eigenvalue weighted by molar-refractivity contribution is 0.224. The maximum absolute atomic E-state index is 5.51. The van der Waals surface area contributed by atoms with E-state index >= 15 is 0 Å². The van der Waals surface area contributed by atoms with Crippen LogP contribution in [0.2, 0.25) is 0 Å². The van der Waals surface area contributed by atoms with Crippen LogP contribution in [0.4, 0.5) is 0 Å². The largest absolute Gasteiger partial charge is 0.469 e. The zero-order valence-corrected chi connectivity index (χ0v) is 5.95. The van der Waals surface area contributed by atoms with Gasteiger partial charge in [-0.3, -0.25) is 0 Å². The first-order chi connectivity index (χ1) is 5.43. The van der Waals surface area contributed by atoms with Gasteiger partial charge in [0.1, 0.15) is 6.10 Å². The topological polar surface area (TPSA) is 22.1 Å². The molecule has 1 aromatic heterocycles. The van der Waals surface area contributed by atoms with E-state index in [0.29, 0.717) is 0 Å². The van der Waals surface area contributed by atoms with E-state index in [1.54, 1.807) is 0 Å². The van der Waals surface area contributed by atoms with Crippen LogP contribution < -0.4 is 4.74 Å². The molecule has 11 heavy (non-hydrogen) atoms. The number of ether oxygens (including phenoxy) is 1. The van der Waals surface area contributed by atoms with Crippen LogP contribution >= 0.6 is 0 Å². The summed E-state index contributed by atoms with van der Waals surface area (Å²) in [7, 11) is 0. The van der Waals surface area contributed by atoms with Crippen molar-refractivity contribution in [2.75, 3.05) is 0 Å². The molecule has 0 spiro atoms. The zero-order chi connectivity index (χ0) is 7.26. The summed E-state index contributed by atoms with van der Waals surface area (Å²) in [5, 5.41) is 0. The second-order valence-corrected chi connectivity index (χ2v) is 2.91. The summed E-state index contributed by atoms with van der Waals surface area (Å²) in [6.07, 6.45) is 7.27. The van der Waals surface area contributed by atoms with E-state index in [1.165, 1.54) is 11.1 Å². The zero-order valence-electron chi connectivity index (χ0n) is 5.95. The molecule has 0 aromatic carbocycles. The van der Waals surface area contributed by atoms with Gasteiger partial charge in [0, 0.05) is 18.2 Å². The number of hydrogen-bond acceptors (Lipinski definition) is 2. The Bertz CT molecular complexity index is 319. The molecule has 0 fully saturated rings. The Morgan fingerprint density at radius 1 is 1.55 bits per heavy atom. The number of rotatable bonds is 0. The molecule has 54 valence electrons. The average Bonchev–Trinajstić information content (AvgIpc) is 2.05. The van der Waals surface area contributed by atoms with Gasteiger partial charge in [-0.05, 0) is 23.8 Å². The molecule has 0 amide bonds. The number of aromatic nitrogens is 1. The second-order valence-electron chi connectivity index (χ2n) is 2.91. The highest BCUT2D eigenvalue weighted by Crippen LogP contribution is 2.33. The van der Waals surface area contributed by atoms with Gasteiger partial charge in [0.25, 0.3) is 0 Å². The molecule has 2 aliphatic heterocycles. The van der Waals surface area contributed by atoms with E-state index in [-0.39, 0.29) is 6.10 Å². The average molecular weight is 145 g/mol. The summed E-state index contributed by atoms with van der Waals surface area (Å²) in [4.78, 5) is 4.14. The summed E-state index contributed by atoms with van der Waals surface area (Å²) in [6.45, 7) is 0. The lowest BCUT2D eigenvalue weighted by atomic mass is 9.94. The van der Waals surface area contributed by atoms with Gasteiger partial charge in [-0.15, -0.1) is 0 Å². The van der Waals surface area contributed by atoms with Crippen LogP contribution in [0.25, 0.3) is 6.08 Å². The summed E-state index contributed by atoms with van der Waals surface area (Å²) in [5.41, 5.74) is 2.55. The molecule has 0 radical (unpaired) electrons. The number of pyridine rings is 1. The third-order valence-electron chi connectivity index (χ3n) is 2.21. The number of nitrogens with zero attached hydrogens (tertiary/aromatic N) is 1. The smallest absolute Gasteiger partial charge is 0.221 e. The van der Waals surface area contributed by atoms with E-state index in [0.717, 1.165) is 12.3 Å². The molecule has 0 saturated carbocycles. The molecule has 1 aromatic rings. The van der Waals surface area contributed by atoms with Crippen LogP contribution in [0.3, 0.4) is 0 Å². The molecule has 1 atom stereocenters. The van der Waals surface area contributed by atoms with Crippen LogP contribution in [-0.4, -0.2) is 11.1 Å². The highest BCUT2D eigenvalue weighted by molar-refractivity contribution is 5.64. The summed E-state index contributed by atoms with van der Waals surface area (Å²) in [6, 6.07) is 2.07. The van der Waals surface area contributed by atoms with Crippen molar-refractivity contribution < 1.29 is 4.74 Å². The molecule has 3 aliphatic rings. The van der Waals surface area contributed by atoms with Gasteiger partial charge in [0.05, 0.1) is 0 Å². The van der Waals surface area contributed by atoms with Crippen molar-refractivity contribution in [1.82, 2.24) is 4.98 Å². The molecule has 1 unspecified atom stereocenters. The first-order valence-corrected chi connectivity index (χ1v) is 3.76. The van der Waals surface area contributed by atoms with E-state index in [4.69, 9.17) is 4.74 Å². The predicted molar refractivity (Wildman–Crippen MR) is 41.4 cm³/mol. The SMILES string of the molecule is C1=CC2Cc3ccnc(c31)O2. The van der Waals surface area contributed by atoms with Gasteiger partial charge in [0.15, 0.2) is 0 Å². The molecular weight excluding hydrogens is 138 g/mol. The van der Waals surface area contributed by atoms with Crippen molar-refractivity contribution >= 4 is 6.08 Å². The van der Waals surface area contributed by atoms with Gasteiger partial charge in [-0.2, -0.15) is 0 Å². The van der Waals surface area contributed by atoms with Crippen molar-refractivity contribution in [2.45, 2.75) is 12.5 Å². The van der Waals surface area contributed by atoms with Crippen molar-refractivity contribution in [1.29, 1.82) is 0 Å². The Labute approximate surface area is 64.5 Å². The first kappa shape index (κ1) is 5.35. The van der Waals surface area contributed by atoms with E-state index < -0.39 is 0 Å². The maximum Gasteiger partial charge on any atom is 0.221 e. The standard InChI is InChI=1S/C9H7NO/c1-2-8-6-3-4-10-9(8)11-7(1)5-6/h1-4,7H,5H2. The van der Waals surface area contributed by atoms with Crippen LogP contribution in [0.5, 0.6) is 5.88 Å². The minimum Gasteiger partial charge on any atom is -0.469 e. The van der Waals surface area contributed by atoms with Crippen molar-refractivity contribution in [3.63, 3.8) is 0 Å². The monoisotopic (exact) mass is 145 g/mol. The molecular formula is C9H7NO. The molecule has 1 aliphatic carbocycles. The molecule has 0 saturated heterocycles. The third kappa shape index (κ3) is 0.589. The Morgan fingerprint density at radius 2 is 2.55 bits per heavy atom. The first-order valence-electron chi connectivity index (χ1n) is 3.76. The molecule has 3 heterocycles. The van der Waals surface area contributed by atoms with Crippen LogP contribution in [0, 0.1) is 0 Å². The Hall–Kier alpha value is -1.31. The fourth-order valence-electron chi connectivity index (χ4n) is 1.65. The second kappa shape index (κ2) is 1.64. The normalized spacial score (nSPS) is 23.5. The summed E-state index contributed by atoms with van der Waals surface area (Å²) < 4.78 is 5.51. The Morgan fingerprint density at radius 3 is 3.27 bits per heavy atom. The van der Waals surface area contributed by atoms with Gasteiger partial charge >= 0.3 is 0 Å². The fraction of sp³-hybridized carbons (Fsp3) is 0.222. The van der Waals surface area contributed by atoms with E-state index in [9.17, 15) is 0 Å². The summed E-state index contributed by atoms with van der Waals surface area (Å²) >= 11 is 0. The minimum absolute atomic E-state index is 0.242. The molecule has 2 nitrogen and oxygen atoms in total. The lowest BCUT2D eigenvalue weighted by Crippen LogP contribution is -2.26. The summed E-state index contributed by atoms with van der Waals surface area (Å²) in [5.74, 6) is 0.807. The van der Waals surface area contributed by atoms with Crippen LogP contribution in [0.15, 0.2) is 18.3 Å². The minimum atomic E-state index is 0.242. The van der Waals surface area contributed by atoms with Gasteiger partial charge in [-0.1, -0.05) is 0 Å². The van der Waals surface area contributed by atoms with E-state index in [1.807, 2.05) is 6.20 Å². The van der Waals surface area contributed by atoms with Crippen molar-refractivity contribution in [3.05, 3.63) is 29.5 Å². The molecule has 4 bridgehead atoms. The highest BCUT2D eigenvalue weighted by Gasteiger charge is 2.25. The lowest BCUT2D eigenvalue weighted by Gasteiger charge is -2.27. The van der Waals surface area contributed by atoms with Crippen molar-refractivity contribution in [2.24, 2.45) is 0 Å². The highest BCUT2D eigenvalue weighted by atomic mass is 16.5. The van der Waals surface area contributed by atoms with Gasteiger partial charge in [-0.25, -0.2) is 4.98 Å². The third-order valence-corrected chi connectivity index (χ3v) is 2.21. The predicted octanol–water partition coefficient (Wildman–Crippen LogP) is 1.41. The van der Waals surface area contributed by atoms with Crippen molar-refractivity contribution in [3.8, 4) is 5.88 Å². The van der Waals surface area contributed by atoms with Crippen LogP contribution in [-0.2, 0) is 6.42 Å². The fourth-order valence-corrected chi connectivity index (χ4v) is 1.65. The Balaban J connectivity index is 2.40. The van der Waals surface area contributed by atoms with Crippen LogP contribution in [0.1, 0.15) is 11.1 Å². The quantitative estimate of drug-likeness (QED) is 0.550. The number of hydrogen-bond donors (Lipinski definition) is 0.